The topological polar surface area (TPSA) is 178 Å². The molecule has 0 fully saturated rings. The number of fused-ring (bicyclic) bond motifs is 1. The number of amides is 2. The zero-order valence-electron chi connectivity index (χ0n) is 20.5. The van der Waals surface area contributed by atoms with Gasteiger partial charge in [-0.15, -0.1) is 0 Å². The number of aromatic nitrogens is 2. The first-order valence-corrected chi connectivity index (χ1v) is 11.2. The van der Waals surface area contributed by atoms with Crippen LogP contribution in [0.2, 0.25) is 0 Å². The van der Waals surface area contributed by atoms with Gasteiger partial charge in [-0.1, -0.05) is 12.1 Å². The summed E-state index contributed by atoms with van der Waals surface area (Å²) in [6, 6.07) is 10.8. The number of benzene rings is 2. The van der Waals surface area contributed by atoms with E-state index in [0.29, 0.717) is 11.4 Å². The lowest BCUT2D eigenvalue weighted by Gasteiger charge is -2.24. The summed E-state index contributed by atoms with van der Waals surface area (Å²) in [5.74, 6) is -3.52. The summed E-state index contributed by atoms with van der Waals surface area (Å²) in [6.07, 6.45) is -0.330. The molecule has 196 valence electrons. The number of nitrogens with one attached hydrogen (secondary N) is 4. The number of methoxy groups -OCH3 is 3. The number of carbonyl (C=O) groups is 4. The first kappa shape index (κ1) is 25.9. The molecule has 0 radical (unpaired) electrons. The fraction of sp³-hybridized carbons (Fsp3) is 0.200. The number of H-pyrrole nitrogens is 1. The Morgan fingerprint density at radius 2 is 1.63 bits per heavy atom. The van der Waals surface area contributed by atoms with Gasteiger partial charge in [0.25, 0.3) is 5.56 Å². The van der Waals surface area contributed by atoms with E-state index in [4.69, 9.17) is 14.2 Å². The lowest BCUT2D eigenvalue weighted by atomic mass is 9.92. The third-order valence-corrected chi connectivity index (χ3v) is 5.67. The maximum Gasteiger partial charge on any atom is 0.337 e. The van der Waals surface area contributed by atoms with E-state index in [1.807, 2.05) is 0 Å². The molecular formula is C25H23N5O8. The van der Waals surface area contributed by atoms with Gasteiger partial charge in [0.15, 0.2) is 0 Å². The zero-order chi connectivity index (χ0) is 27.4. The molecule has 1 aliphatic heterocycles. The molecular weight excluding hydrogens is 498 g/mol. The molecule has 4 rings (SSSR count). The number of ether oxygens (including phenoxy) is 3. The minimum absolute atomic E-state index is 0.0148. The fourth-order valence-corrected chi connectivity index (χ4v) is 3.93. The second kappa shape index (κ2) is 10.8. The Morgan fingerprint density at radius 1 is 0.974 bits per heavy atom. The molecule has 13 heteroatoms. The quantitative estimate of drug-likeness (QED) is 0.337. The molecule has 4 N–H and O–H groups in total. The number of carbonyl (C=O) groups excluding carboxylic acids is 4. The van der Waals surface area contributed by atoms with Crippen LogP contribution in [0.5, 0.6) is 5.75 Å². The van der Waals surface area contributed by atoms with Crippen LogP contribution in [0.1, 0.15) is 38.6 Å². The van der Waals surface area contributed by atoms with E-state index in [2.05, 4.69) is 25.9 Å². The molecule has 0 bridgehead atoms. The summed E-state index contributed by atoms with van der Waals surface area (Å²) in [5, 5.41) is 8.01. The highest BCUT2D eigenvalue weighted by molar-refractivity contribution is 6.05. The van der Waals surface area contributed by atoms with Gasteiger partial charge in [-0.3, -0.25) is 19.4 Å². The van der Waals surface area contributed by atoms with Gasteiger partial charge >= 0.3 is 11.9 Å². The van der Waals surface area contributed by atoms with Gasteiger partial charge < -0.3 is 30.2 Å². The molecule has 13 nitrogen and oxygen atoms in total. The van der Waals surface area contributed by atoms with Crippen molar-refractivity contribution in [3.63, 3.8) is 0 Å². The van der Waals surface area contributed by atoms with Crippen LogP contribution in [0.15, 0.2) is 47.3 Å². The Kier molecular flexibility index (Phi) is 7.37. The first-order chi connectivity index (χ1) is 18.2. The second-order valence-electron chi connectivity index (χ2n) is 8.08. The minimum Gasteiger partial charge on any atom is -0.495 e. The summed E-state index contributed by atoms with van der Waals surface area (Å²) in [7, 11) is 3.82. The zero-order valence-corrected chi connectivity index (χ0v) is 20.5. The van der Waals surface area contributed by atoms with E-state index < -0.39 is 35.2 Å². The lowest BCUT2D eigenvalue weighted by Crippen LogP contribution is -2.36. The average Bonchev–Trinajstić information content (AvgIpc) is 2.91. The molecule has 0 aliphatic carbocycles. The van der Waals surface area contributed by atoms with Crippen molar-refractivity contribution in [2.75, 3.05) is 37.3 Å². The third-order valence-electron chi connectivity index (χ3n) is 5.67. The van der Waals surface area contributed by atoms with Crippen LogP contribution in [0.3, 0.4) is 0 Å². The predicted octanol–water partition coefficient (Wildman–Crippen LogP) is 2.16. The van der Waals surface area contributed by atoms with Crippen LogP contribution < -0.4 is 26.2 Å². The Balaban J connectivity index is 1.66. The van der Waals surface area contributed by atoms with Crippen molar-refractivity contribution >= 4 is 46.9 Å². The van der Waals surface area contributed by atoms with E-state index >= 15 is 0 Å². The Bertz CT molecular complexity index is 1470. The van der Waals surface area contributed by atoms with Gasteiger partial charge in [0, 0.05) is 12.1 Å². The van der Waals surface area contributed by atoms with Crippen molar-refractivity contribution in [2.24, 2.45) is 0 Å². The summed E-state index contributed by atoms with van der Waals surface area (Å²) >= 11 is 0. The van der Waals surface area contributed by atoms with Crippen molar-refractivity contribution in [3.05, 3.63) is 69.5 Å². The smallest absolute Gasteiger partial charge is 0.337 e. The van der Waals surface area contributed by atoms with E-state index in [-0.39, 0.29) is 40.6 Å². The van der Waals surface area contributed by atoms with E-state index in [1.54, 1.807) is 24.3 Å². The Hall–Kier alpha value is -5.20. The SMILES string of the molecule is COC(=O)c1cc(NC(=O)C2CC(=O)Nc3nc(Nc4ccccc4OC)[nH]c(=O)c32)cc(C(=O)OC)c1. The normalized spacial score (nSPS) is 14.0. The van der Waals surface area contributed by atoms with Crippen molar-refractivity contribution in [3.8, 4) is 5.75 Å². The van der Waals surface area contributed by atoms with Crippen LogP contribution in [0.25, 0.3) is 0 Å². The molecule has 2 amide bonds. The predicted molar refractivity (Wildman–Crippen MR) is 135 cm³/mol. The maximum absolute atomic E-state index is 13.3. The van der Waals surface area contributed by atoms with Gasteiger partial charge in [-0.2, -0.15) is 4.98 Å². The molecule has 38 heavy (non-hydrogen) atoms. The molecule has 2 heterocycles. The van der Waals surface area contributed by atoms with Crippen LogP contribution in [0, 0.1) is 0 Å². The number of esters is 2. The largest absolute Gasteiger partial charge is 0.495 e. The maximum atomic E-state index is 13.3. The monoisotopic (exact) mass is 521 g/mol. The van der Waals surface area contributed by atoms with Crippen molar-refractivity contribution in [2.45, 2.75) is 12.3 Å². The molecule has 1 unspecified atom stereocenters. The highest BCUT2D eigenvalue weighted by Crippen LogP contribution is 2.31. The highest BCUT2D eigenvalue weighted by atomic mass is 16.5. The van der Waals surface area contributed by atoms with E-state index in [9.17, 15) is 24.0 Å². The lowest BCUT2D eigenvalue weighted by molar-refractivity contribution is -0.123. The van der Waals surface area contributed by atoms with Crippen LogP contribution in [-0.2, 0) is 19.1 Å². The first-order valence-electron chi connectivity index (χ1n) is 11.2. The van der Waals surface area contributed by atoms with Crippen molar-refractivity contribution in [1.82, 2.24) is 9.97 Å². The van der Waals surface area contributed by atoms with Crippen LogP contribution in [0.4, 0.5) is 23.1 Å². The number of hydrogen-bond acceptors (Lipinski definition) is 10. The van der Waals surface area contributed by atoms with Crippen molar-refractivity contribution < 1.29 is 33.4 Å². The summed E-state index contributed by atoms with van der Waals surface area (Å²) in [5.41, 5.74) is -0.152. The fourth-order valence-electron chi connectivity index (χ4n) is 3.93. The van der Waals surface area contributed by atoms with Crippen LogP contribution >= 0.6 is 0 Å². The molecule has 1 atom stereocenters. The number of nitrogens with zero attached hydrogens (tertiary/aromatic N) is 1. The third kappa shape index (κ3) is 5.31. The molecule has 0 saturated carbocycles. The molecule has 2 aromatic carbocycles. The number of aromatic amines is 1. The average molecular weight is 521 g/mol. The van der Waals surface area contributed by atoms with E-state index in [0.717, 1.165) is 0 Å². The summed E-state index contributed by atoms with van der Waals surface area (Å²) in [6.45, 7) is 0. The molecule has 0 saturated heterocycles. The number of rotatable bonds is 7. The molecule has 0 spiro atoms. The molecule has 3 aromatic rings. The van der Waals surface area contributed by atoms with Gasteiger partial charge in [0.2, 0.25) is 17.8 Å². The molecule has 1 aliphatic rings. The minimum atomic E-state index is -1.21. The number of anilines is 4. The van der Waals surface area contributed by atoms with Crippen LogP contribution in [-0.4, -0.2) is 55.1 Å². The standard InChI is InChI=1S/C25H23N5O8/c1-36-17-7-5-4-6-16(17)27-25-29-20-19(22(33)30-25)15(11-18(31)28-20)21(32)26-14-9-12(23(34)37-2)8-13(10-14)24(35)38-3/h4-10,15H,11H2,1-3H3,(H,26,32)(H3,27,28,29,30,31,33). The van der Waals surface area contributed by atoms with E-state index in [1.165, 1.54) is 39.5 Å². The highest BCUT2D eigenvalue weighted by Gasteiger charge is 2.35. The summed E-state index contributed by atoms with van der Waals surface area (Å²) < 4.78 is 14.7. The van der Waals surface area contributed by atoms with Gasteiger partial charge in [0.05, 0.1) is 49.6 Å². The van der Waals surface area contributed by atoms with Gasteiger partial charge in [-0.25, -0.2) is 9.59 Å². The number of hydrogen-bond donors (Lipinski definition) is 4. The summed E-state index contributed by atoms with van der Waals surface area (Å²) in [4.78, 5) is 69.7. The Morgan fingerprint density at radius 3 is 2.26 bits per heavy atom. The van der Waals surface area contributed by atoms with Crippen molar-refractivity contribution in [1.29, 1.82) is 0 Å². The molecule has 1 aromatic heterocycles. The van der Waals surface area contributed by atoms with Gasteiger partial charge in [0.1, 0.15) is 11.6 Å². The number of para-hydroxylation sites is 2. The van der Waals surface area contributed by atoms with Gasteiger partial charge in [-0.05, 0) is 30.3 Å². The second-order valence-corrected chi connectivity index (χ2v) is 8.08. The Labute approximate surface area is 215 Å².